The fraction of sp³-hybridized carbons (Fsp3) is 0.750. The van der Waals surface area contributed by atoms with E-state index in [9.17, 15) is 4.79 Å². The van der Waals surface area contributed by atoms with E-state index in [0.717, 1.165) is 12.3 Å². The number of nitrogens with two attached hydrogens (primary N) is 1. The van der Waals surface area contributed by atoms with E-state index in [1.165, 1.54) is 0 Å². The summed E-state index contributed by atoms with van der Waals surface area (Å²) in [5.74, 6) is 0.402. The van der Waals surface area contributed by atoms with Crippen molar-refractivity contribution in [2.24, 2.45) is 5.73 Å². The number of hydrogen-bond donors (Lipinski definition) is 3. The molecule has 0 aromatic rings. The quantitative estimate of drug-likeness (QED) is 0.341. The molecule has 48 valence electrons. The number of nitrogens with one attached hydrogen (secondary N) is 1. The molecule has 0 aliphatic heterocycles. The van der Waals surface area contributed by atoms with Crippen molar-refractivity contribution in [1.29, 1.82) is 0 Å². The minimum Gasteiger partial charge on any atom is -0.369 e. The van der Waals surface area contributed by atoms with Crippen LogP contribution in [0, 0.1) is 0 Å². The summed E-state index contributed by atoms with van der Waals surface area (Å²) in [4.78, 5) is 10.0. The minimum atomic E-state index is -0.327. The molecule has 0 saturated heterocycles. The first kappa shape index (κ1) is 7.78. The number of carbonyl (C=O) groups excluding carboxylic acids is 1. The Balaban J connectivity index is 2.82. The lowest BCUT2D eigenvalue weighted by atomic mass is 10.6. The van der Waals surface area contributed by atoms with Gasteiger partial charge in [-0.25, -0.2) is 0 Å². The molecule has 3 N–H and O–H groups in total. The van der Waals surface area contributed by atoms with E-state index < -0.39 is 0 Å². The van der Waals surface area contributed by atoms with Crippen molar-refractivity contribution in [3.05, 3.63) is 0 Å². The summed E-state index contributed by atoms with van der Waals surface area (Å²) in [6.45, 7) is 0.979. The second kappa shape index (κ2) is 4.93. The molecule has 3 nitrogen and oxygen atoms in total. The highest BCUT2D eigenvalue weighted by atomic mass is 32.1. The van der Waals surface area contributed by atoms with Crippen molar-refractivity contribution >= 4 is 18.5 Å². The van der Waals surface area contributed by atoms with Gasteiger partial charge < -0.3 is 11.1 Å². The lowest BCUT2D eigenvalue weighted by Crippen LogP contribution is -2.29. The Morgan fingerprint density at radius 2 is 2.38 bits per heavy atom. The summed E-state index contributed by atoms with van der Waals surface area (Å²) in [6, 6.07) is 0. The Bertz CT molecular complexity index is 76.4. The molecule has 0 unspecified atom stereocenters. The first-order chi connectivity index (χ1) is 3.77. The van der Waals surface area contributed by atoms with Gasteiger partial charge in [0, 0.05) is 12.3 Å². The smallest absolute Gasteiger partial charge is 0.231 e. The lowest BCUT2D eigenvalue weighted by molar-refractivity contribution is -0.117. The minimum absolute atomic E-state index is 0.251. The average Bonchev–Trinajstić information content (AvgIpc) is 1.66. The number of amides is 1. The van der Waals surface area contributed by atoms with Gasteiger partial charge in [-0.3, -0.25) is 4.79 Å². The lowest BCUT2D eigenvalue weighted by Gasteiger charge is -1.94. The van der Waals surface area contributed by atoms with Gasteiger partial charge >= 0.3 is 0 Å². The third-order valence-corrected chi connectivity index (χ3v) is 0.811. The zero-order valence-corrected chi connectivity index (χ0v) is 5.45. The molecule has 8 heavy (non-hydrogen) atoms. The summed E-state index contributed by atoms with van der Waals surface area (Å²) in [5, 5.41) is 2.78. The van der Waals surface area contributed by atoms with Gasteiger partial charge in [0.25, 0.3) is 0 Å². The summed E-state index contributed by atoms with van der Waals surface area (Å²) in [6.07, 6.45) is 0. The van der Waals surface area contributed by atoms with E-state index in [2.05, 4.69) is 17.9 Å². The van der Waals surface area contributed by atoms with E-state index in [-0.39, 0.29) is 12.5 Å². The number of thiol groups is 1. The Labute approximate surface area is 54.0 Å². The number of rotatable bonds is 4. The van der Waals surface area contributed by atoms with Crippen molar-refractivity contribution in [1.82, 2.24) is 5.32 Å². The first-order valence-electron chi connectivity index (χ1n) is 2.37. The average molecular weight is 134 g/mol. The van der Waals surface area contributed by atoms with Crippen LogP contribution in [0.5, 0.6) is 0 Å². The second-order valence-electron chi connectivity index (χ2n) is 1.37. The van der Waals surface area contributed by atoms with Crippen LogP contribution in [0.3, 0.4) is 0 Å². The van der Waals surface area contributed by atoms with E-state index in [1.807, 2.05) is 0 Å². The molecule has 0 radical (unpaired) electrons. The molecule has 0 aliphatic rings. The molecule has 0 atom stereocenters. The molecule has 0 spiro atoms. The normalized spacial score (nSPS) is 9.12. The maximum atomic E-state index is 10.0. The summed E-state index contributed by atoms with van der Waals surface area (Å²) < 4.78 is 0. The number of primary amides is 1. The molecular weight excluding hydrogens is 124 g/mol. The van der Waals surface area contributed by atoms with Crippen LogP contribution >= 0.6 is 12.6 Å². The van der Waals surface area contributed by atoms with Gasteiger partial charge in [0.05, 0.1) is 6.54 Å². The highest BCUT2D eigenvalue weighted by Gasteiger charge is 1.88. The highest BCUT2D eigenvalue weighted by Crippen LogP contribution is 1.66. The third-order valence-electron chi connectivity index (χ3n) is 0.588. The Hall–Kier alpha value is -0.220. The summed E-state index contributed by atoms with van der Waals surface area (Å²) in [5.41, 5.74) is 4.81. The zero-order valence-electron chi connectivity index (χ0n) is 4.55. The van der Waals surface area contributed by atoms with Crippen LogP contribution in [-0.4, -0.2) is 24.7 Å². The Kier molecular flexibility index (Phi) is 4.79. The van der Waals surface area contributed by atoms with Crippen molar-refractivity contribution in [3.8, 4) is 0 Å². The molecule has 0 aromatic heterocycles. The van der Waals surface area contributed by atoms with Gasteiger partial charge in [0.2, 0.25) is 5.91 Å². The highest BCUT2D eigenvalue weighted by molar-refractivity contribution is 7.80. The van der Waals surface area contributed by atoms with Crippen molar-refractivity contribution < 1.29 is 4.79 Å². The molecule has 0 heterocycles. The van der Waals surface area contributed by atoms with Gasteiger partial charge in [-0.15, -0.1) is 0 Å². The SMILES string of the molecule is NC(=O)CNCCS. The maximum absolute atomic E-state index is 10.0. The van der Waals surface area contributed by atoms with Crippen molar-refractivity contribution in [2.75, 3.05) is 18.8 Å². The predicted octanol–water partition coefficient (Wildman–Crippen LogP) is -1.01. The molecule has 0 aromatic carbocycles. The van der Waals surface area contributed by atoms with Crippen LogP contribution in [0.1, 0.15) is 0 Å². The molecule has 0 bridgehead atoms. The van der Waals surface area contributed by atoms with Crippen LogP contribution in [0.4, 0.5) is 0 Å². The summed E-state index contributed by atoms with van der Waals surface area (Å²) >= 11 is 3.91. The Morgan fingerprint density at radius 1 is 1.75 bits per heavy atom. The topological polar surface area (TPSA) is 55.1 Å². The van der Waals surface area contributed by atoms with Gasteiger partial charge in [-0.1, -0.05) is 0 Å². The maximum Gasteiger partial charge on any atom is 0.231 e. The third kappa shape index (κ3) is 5.78. The van der Waals surface area contributed by atoms with E-state index in [1.54, 1.807) is 0 Å². The molecule has 0 saturated carbocycles. The molecule has 0 fully saturated rings. The second-order valence-corrected chi connectivity index (χ2v) is 1.81. The monoisotopic (exact) mass is 134 g/mol. The Morgan fingerprint density at radius 3 is 2.75 bits per heavy atom. The predicted molar refractivity (Wildman–Crippen MR) is 35.9 cm³/mol. The van der Waals surface area contributed by atoms with Gasteiger partial charge in [0.15, 0.2) is 0 Å². The van der Waals surface area contributed by atoms with Gasteiger partial charge in [-0.2, -0.15) is 12.6 Å². The molecular formula is C4H10N2OS. The molecule has 1 amide bonds. The molecule has 4 heteroatoms. The standard InChI is InChI=1S/C4H10N2OS/c5-4(7)3-6-1-2-8/h6,8H,1-3H2,(H2,5,7). The zero-order chi connectivity index (χ0) is 6.41. The van der Waals surface area contributed by atoms with Gasteiger partial charge in [-0.05, 0) is 0 Å². The molecule has 0 aliphatic carbocycles. The first-order valence-corrected chi connectivity index (χ1v) is 3.00. The van der Waals surface area contributed by atoms with Crippen LogP contribution in [0.2, 0.25) is 0 Å². The summed E-state index contributed by atoms with van der Waals surface area (Å²) in [7, 11) is 0. The van der Waals surface area contributed by atoms with Crippen LogP contribution in [0.25, 0.3) is 0 Å². The number of carbonyl (C=O) groups is 1. The van der Waals surface area contributed by atoms with Crippen molar-refractivity contribution in [2.45, 2.75) is 0 Å². The van der Waals surface area contributed by atoms with Crippen LogP contribution < -0.4 is 11.1 Å². The van der Waals surface area contributed by atoms with Crippen LogP contribution in [0.15, 0.2) is 0 Å². The van der Waals surface area contributed by atoms with Gasteiger partial charge in [0.1, 0.15) is 0 Å². The number of hydrogen-bond acceptors (Lipinski definition) is 3. The van der Waals surface area contributed by atoms with Crippen LogP contribution in [-0.2, 0) is 4.79 Å². The van der Waals surface area contributed by atoms with E-state index in [0.29, 0.717) is 0 Å². The van der Waals surface area contributed by atoms with E-state index in [4.69, 9.17) is 5.73 Å². The van der Waals surface area contributed by atoms with E-state index >= 15 is 0 Å². The van der Waals surface area contributed by atoms with Crippen molar-refractivity contribution in [3.63, 3.8) is 0 Å². The largest absolute Gasteiger partial charge is 0.369 e. The fourth-order valence-electron chi connectivity index (χ4n) is 0.291. The molecule has 0 rings (SSSR count). The fourth-order valence-corrected chi connectivity index (χ4v) is 0.449.